The molecule has 0 aromatic carbocycles. The van der Waals surface area contributed by atoms with Crippen molar-refractivity contribution in [3.05, 3.63) is 36.5 Å². The molecule has 0 aliphatic heterocycles. The molecule has 2 heteroatoms. The third-order valence-electron chi connectivity index (χ3n) is 3.40. The molecule has 1 atom stereocenters. The van der Waals surface area contributed by atoms with Crippen molar-refractivity contribution in [1.29, 1.82) is 0 Å². The molecular weight excluding hydrogens is 212 g/mol. The van der Waals surface area contributed by atoms with Crippen LogP contribution in [0.4, 0.5) is 0 Å². The summed E-state index contributed by atoms with van der Waals surface area (Å²) in [6.07, 6.45) is 8.75. The van der Waals surface area contributed by atoms with Crippen LogP contribution in [-0.2, 0) is 4.89 Å². The molecule has 1 aliphatic carbocycles. The van der Waals surface area contributed by atoms with Gasteiger partial charge in [0.2, 0.25) is 0 Å². The number of rotatable bonds is 1. The first-order chi connectivity index (χ1) is 7.94. The van der Waals surface area contributed by atoms with Gasteiger partial charge in [0.15, 0.2) is 0 Å². The van der Waals surface area contributed by atoms with Crippen molar-refractivity contribution in [1.82, 2.24) is 0 Å². The van der Waals surface area contributed by atoms with E-state index >= 15 is 0 Å². The Labute approximate surface area is 105 Å². The maximum atomic E-state index is 8.89. The molecule has 0 aromatic heterocycles. The molecule has 2 nitrogen and oxygen atoms in total. The Balaban J connectivity index is 2.75. The molecule has 0 aromatic rings. The number of hydrogen-bond donors (Lipinski definition) is 1. The highest BCUT2D eigenvalue weighted by atomic mass is 17.1. The molecule has 0 amide bonds. The summed E-state index contributed by atoms with van der Waals surface area (Å²) in [5, 5.41) is 8.89. The summed E-state index contributed by atoms with van der Waals surface area (Å²) in [6.45, 7) is 12.5. The van der Waals surface area contributed by atoms with E-state index in [-0.39, 0.29) is 11.5 Å². The van der Waals surface area contributed by atoms with Gasteiger partial charge in [-0.2, -0.15) is 0 Å². The highest BCUT2D eigenvalue weighted by Gasteiger charge is 2.18. The van der Waals surface area contributed by atoms with Crippen LogP contribution in [-0.4, -0.2) is 11.4 Å². The molecule has 1 unspecified atom stereocenters. The van der Waals surface area contributed by atoms with E-state index in [2.05, 4.69) is 44.0 Å². The maximum Gasteiger partial charge on any atom is 0.114 e. The van der Waals surface area contributed by atoms with Gasteiger partial charge in [0.25, 0.3) is 0 Å². The van der Waals surface area contributed by atoms with Gasteiger partial charge in [0.05, 0.1) is 0 Å². The van der Waals surface area contributed by atoms with Crippen LogP contribution in [0.5, 0.6) is 0 Å². The van der Waals surface area contributed by atoms with Crippen LogP contribution in [0.2, 0.25) is 0 Å². The second-order valence-electron chi connectivity index (χ2n) is 5.62. The van der Waals surface area contributed by atoms with Crippen molar-refractivity contribution < 1.29 is 10.1 Å². The molecule has 17 heavy (non-hydrogen) atoms. The first kappa shape index (κ1) is 14.2. The zero-order chi connectivity index (χ0) is 12.9. The minimum atomic E-state index is -0.249. The molecular formula is C15H24O2. The first-order valence-corrected chi connectivity index (χ1v) is 6.29. The SMILES string of the molecule is C=C1C=CC(C)(C)CCCC(=C)C(OO)CC1. The molecule has 0 fully saturated rings. The summed E-state index contributed by atoms with van der Waals surface area (Å²) < 4.78 is 0. The first-order valence-electron chi connectivity index (χ1n) is 6.29. The zero-order valence-electron chi connectivity index (χ0n) is 11.0. The standard InChI is InChI=1S/C15H24O2/c1-12-7-8-14(17-16)13(2)6-5-10-15(3,4)11-9-12/h9,11,14,16H,1-2,5-8,10H2,3-4H3. The molecule has 1 aliphatic rings. The van der Waals surface area contributed by atoms with Crippen LogP contribution >= 0.6 is 0 Å². The predicted molar refractivity (Wildman–Crippen MR) is 71.8 cm³/mol. The van der Waals surface area contributed by atoms with Crippen molar-refractivity contribution in [2.45, 2.75) is 52.1 Å². The molecule has 1 N–H and O–H groups in total. The molecule has 0 saturated heterocycles. The lowest BCUT2D eigenvalue weighted by Crippen LogP contribution is -2.14. The van der Waals surface area contributed by atoms with Crippen molar-refractivity contribution >= 4 is 0 Å². The Morgan fingerprint density at radius 1 is 1.35 bits per heavy atom. The normalized spacial score (nSPS) is 26.6. The molecule has 0 bridgehead atoms. The van der Waals surface area contributed by atoms with Gasteiger partial charge in [-0.05, 0) is 43.1 Å². The van der Waals surface area contributed by atoms with Gasteiger partial charge in [0, 0.05) is 0 Å². The van der Waals surface area contributed by atoms with E-state index in [1.54, 1.807) is 0 Å². The summed E-state index contributed by atoms with van der Waals surface area (Å²) >= 11 is 0. The van der Waals surface area contributed by atoms with E-state index in [9.17, 15) is 0 Å². The summed E-state index contributed by atoms with van der Waals surface area (Å²) in [6, 6.07) is 0. The third-order valence-corrected chi connectivity index (χ3v) is 3.40. The molecule has 0 saturated carbocycles. The fraction of sp³-hybridized carbons (Fsp3) is 0.600. The lowest BCUT2D eigenvalue weighted by atomic mass is 9.86. The molecule has 1 rings (SSSR count). The molecule has 0 spiro atoms. The second kappa shape index (κ2) is 6.18. The lowest BCUT2D eigenvalue weighted by molar-refractivity contribution is -0.270. The number of allylic oxidation sites excluding steroid dienone is 3. The van der Waals surface area contributed by atoms with Gasteiger partial charge < -0.3 is 0 Å². The van der Waals surface area contributed by atoms with Crippen LogP contribution in [0.3, 0.4) is 0 Å². The van der Waals surface area contributed by atoms with E-state index in [0.29, 0.717) is 0 Å². The quantitative estimate of drug-likeness (QED) is 0.412. The summed E-state index contributed by atoms with van der Waals surface area (Å²) in [5.74, 6) is 0. The highest BCUT2D eigenvalue weighted by Crippen LogP contribution is 2.29. The predicted octanol–water partition coefficient (Wildman–Crippen LogP) is 4.50. The Bertz CT molecular complexity index is 313. The van der Waals surface area contributed by atoms with Gasteiger partial charge >= 0.3 is 0 Å². The largest absolute Gasteiger partial charge is 0.251 e. The minimum Gasteiger partial charge on any atom is -0.251 e. The summed E-state index contributed by atoms with van der Waals surface area (Å²) in [4.78, 5) is 4.51. The van der Waals surface area contributed by atoms with E-state index in [4.69, 9.17) is 5.26 Å². The van der Waals surface area contributed by atoms with Gasteiger partial charge in [-0.3, -0.25) is 5.26 Å². The van der Waals surface area contributed by atoms with Crippen molar-refractivity contribution in [2.24, 2.45) is 5.41 Å². The van der Waals surface area contributed by atoms with Crippen molar-refractivity contribution in [3.8, 4) is 0 Å². The molecule has 0 radical (unpaired) electrons. The lowest BCUT2D eigenvalue weighted by Gasteiger charge is -2.20. The average Bonchev–Trinajstić information content (AvgIpc) is 2.28. The van der Waals surface area contributed by atoms with Gasteiger partial charge in [-0.15, -0.1) is 0 Å². The van der Waals surface area contributed by atoms with Crippen molar-refractivity contribution in [2.75, 3.05) is 0 Å². The van der Waals surface area contributed by atoms with Crippen molar-refractivity contribution in [3.63, 3.8) is 0 Å². The van der Waals surface area contributed by atoms with Gasteiger partial charge in [-0.25, -0.2) is 4.89 Å². The van der Waals surface area contributed by atoms with E-state index in [1.165, 1.54) is 0 Å². The summed E-state index contributed by atoms with van der Waals surface area (Å²) in [7, 11) is 0. The van der Waals surface area contributed by atoms with E-state index < -0.39 is 0 Å². The van der Waals surface area contributed by atoms with E-state index in [1.807, 2.05) is 0 Å². The Morgan fingerprint density at radius 3 is 2.71 bits per heavy atom. The fourth-order valence-electron chi connectivity index (χ4n) is 2.09. The minimum absolute atomic E-state index is 0.198. The topological polar surface area (TPSA) is 29.5 Å². The second-order valence-corrected chi connectivity index (χ2v) is 5.62. The number of hydrogen-bond acceptors (Lipinski definition) is 2. The van der Waals surface area contributed by atoms with Crippen LogP contribution in [0.15, 0.2) is 36.5 Å². The monoisotopic (exact) mass is 236 g/mol. The Kier molecular flexibility index (Phi) is 5.16. The van der Waals surface area contributed by atoms with Gasteiger partial charge in [0.1, 0.15) is 6.10 Å². The van der Waals surface area contributed by atoms with Crippen LogP contribution < -0.4 is 0 Å². The average molecular weight is 236 g/mol. The maximum absolute atomic E-state index is 8.89. The Morgan fingerprint density at radius 2 is 2.06 bits per heavy atom. The summed E-state index contributed by atoms with van der Waals surface area (Å²) in [5.41, 5.74) is 2.26. The van der Waals surface area contributed by atoms with Gasteiger partial charge in [-0.1, -0.05) is 44.7 Å². The van der Waals surface area contributed by atoms with Crippen LogP contribution in [0, 0.1) is 5.41 Å². The van der Waals surface area contributed by atoms with E-state index in [0.717, 1.165) is 43.3 Å². The van der Waals surface area contributed by atoms with Crippen LogP contribution in [0.1, 0.15) is 46.0 Å². The molecule has 0 heterocycles. The highest BCUT2D eigenvalue weighted by molar-refractivity contribution is 5.18. The third kappa shape index (κ3) is 4.88. The zero-order valence-corrected chi connectivity index (χ0v) is 11.0. The molecule has 96 valence electrons. The smallest absolute Gasteiger partial charge is 0.114 e. The fourth-order valence-corrected chi connectivity index (χ4v) is 2.09. The van der Waals surface area contributed by atoms with Crippen LogP contribution in [0.25, 0.3) is 0 Å². The Hall–Kier alpha value is -0.860.